The van der Waals surface area contributed by atoms with E-state index < -0.39 is 0 Å². The van der Waals surface area contributed by atoms with Gasteiger partial charge in [0.25, 0.3) is 0 Å². The molecule has 1 heterocycles. The highest BCUT2D eigenvalue weighted by Gasteiger charge is 2.30. The summed E-state index contributed by atoms with van der Waals surface area (Å²) in [7, 11) is 0. The van der Waals surface area contributed by atoms with E-state index in [1.54, 1.807) is 6.07 Å². The number of para-hydroxylation sites is 1. The third-order valence-electron chi connectivity index (χ3n) is 5.24. The molecule has 0 spiro atoms. The summed E-state index contributed by atoms with van der Waals surface area (Å²) in [6, 6.07) is 21.6. The Hall–Kier alpha value is -3.03. The first kappa shape index (κ1) is 20.8. The second-order valence-corrected chi connectivity index (χ2v) is 8.93. The number of anilines is 1. The average Bonchev–Trinajstić information content (AvgIpc) is 3.57. The summed E-state index contributed by atoms with van der Waals surface area (Å²) in [6.07, 6.45) is 2.15. The van der Waals surface area contributed by atoms with Crippen molar-refractivity contribution in [2.45, 2.75) is 30.6 Å². The van der Waals surface area contributed by atoms with Gasteiger partial charge in [-0.2, -0.15) is 0 Å². The molecule has 0 unspecified atom stereocenters. The zero-order valence-electron chi connectivity index (χ0n) is 17.2. The summed E-state index contributed by atoms with van der Waals surface area (Å²) in [5.74, 6) is 1.53. The number of hydrogen-bond acceptors (Lipinski definition) is 5. The SMILES string of the molecule is O=C(CSc1nnc(COc2ccccc2Cl)n1C1CC1)Nc1cccc2ccccc12. The highest BCUT2D eigenvalue weighted by Crippen LogP contribution is 2.39. The number of fused-ring (bicyclic) bond motifs is 1. The molecule has 4 aromatic rings. The highest BCUT2D eigenvalue weighted by atomic mass is 35.5. The van der Waals surface area contributed by atoms with Crippen molar-refractivity contribution in [3.05, 3.63) is 77.6 Å². The summed E-state index contributed by atoms with van der Waals surface area (Å²) in [6.45, 7) is 0.274. The maximum Gasteiger partial charge on any atom is 0.234 e. The lowest BCUT2D eigenvalue weighted by atomic mass is 10.1. The first-order valence-electron chi connectivity index (χ1n) is 10.4. The van der Waals surface area contributed by atoms with Crippen LogP contribution in [0.3, 0.4) is 0 Å². The minimum atomic E-state index is -0.0782. The Morgan fingerprint density at radius 1 is 1.06 bits per heavy atom. The molecule has 6 nitrogen and oxygen atoms in total. The monoisotopic (exact) mass is 464 g/mol. The minimum Gasteiger partial charge on any atom is -0.484 e. The molecule has 1 aliphatic rings. The van der Waals surface area contributed by atoms with Crippen LogP contribution in [0.1, 0.15) is 24.7 Å². The number of rotatable bonds is 8. The third-order valence-corrected chi connectivity index (χ3v) is 6.49. The van der Waals surface area contributed by atoms with Crippen molar-refractivity contribution in [2.24, 2.45) is 0 Å². The molecule has 3 aromatic carbocycles. The molecule has 1 amide bonds. The van der Waals surface area contributed by atoms with Gasteiger partial charge < -0.3 is 10.1 Å². The van der Waals surface area contributed by atoms with Crippen molar-refractivity contribution in [1.29, 1.82) is 0 Å². The number of carbonyl (C=O) groups excluding carboxylic acids is 1. The normalized spacial score (nSPS) is 13.3. The van der Waals surface area contributed by atoms with Gasteiger partial charge in [-0.25, -0.2) is 0 Å². The molecule has 1 fully saturated rings. The Labute approximate surface area is 194 Å². The molecule has 162 valence electrons. The molecule has 1 aromatic heterocycles. The fraction of sp³-hybridized carbons (Fsp3) is 0.208. The van der Waals surface area contributed by atoms with Gasteiger partial charge in [0, 0.05) is 17.1 Å². The first-order chi connectivity index (χ1) is 15.7. The van der Waals surface area contributed by atoms with E-state index in [1.807, 2.05) is 60.7 Å². The van der Waals surface area contributed by atoms with Gasteiger partial charge in [-0.3, -0.25) is 9.36 Å². The standard InChI is InChI=1S/C24H21ClN4O2S/c25-19-9-3-4-11-21(19)31-14-22-27-28-24(29(22)17-12-13-17)32-15-23(30)26-20-10-5-7-16-6-1-2-8-18(16)20/h1-11,17H,12-15H2,(H,26,30). The molecule has 8 heteroatoms. The van der Waals surface area contributed by atoms with Crippen LogP contribution >= 0.6 is 23.4 Å². The van der Waals surface area contributed by atoms with Crippen molar-refractivity contribution < 1.29 is 9.53 Å². The Morgan fingerprint density at radius 3 is 2.69 bits per heavy atom. The quantitative estimate of drug-likeness (QED) is 0.337. The summed E-state index contributed by atoms with van der Waals surface area (Å²) >= 11 is 7.57. The predicted molar refractivity (Wildman–Crippen MR) is 127 cm³/mol. The van der Waals surface area contributed by atoms with Gasteiger partial charge in [-0.1, -0.05) is 71.9 Å². The molecule has 0 saturated heterocycles. The number of ether oxygens (including phenoxy) is 1. The van der Waals surface area contributed by atoms with E-state index in [2.05, 4.69) is 20.1 Å². The zero-order valence-corrected chi connectivity index (χ0v) is 18.8. The van der Waals surface area contributed by atoms with Crippen LogP contribution in [0.4, 0.5) is 5.69 Å². The van der Waals surface area contributed by atoms with E-state index in [4.69, 9.17) is 16.3 Å². The van der Waals surface area contributed by atoms with Gasteiger partial charge in [0.05, 0.1) is 10.8 Å². The molecular weight excluding hydrogens is 444 g/mol. The topological polar surface area (TPSA) is 69.0 Å². The maximum absolute atomic E-state index is 12.7. The Kier molecular flexibility index (Phi) is 6.01. The number of nitrogens with one attached hydrogen (secondary N) is 1. The fourth-order valence-electron chi connectivity index (χ4n) is 3.56. The number of aromatic nitrogens is 3. The van der Waals surface area contributed by atoms with Crippen LogP contribution in [-0.2, 0) is 11.4 Å². The van der Waals surface area contributed by atoms with Crippen LogP contribution in [0.5, 0.6) is 5.75 Å². The Balaban J connectivity index is 1.25. The fourth-order valence-corrected chi connectivity index (χ4v) is 4.57. The molecule has 0 radical (unpaired) electrons. The molecule has 0 aliphatic heterocycles. The molecule has 0 bridgehead atoms. The molecule has 5 rings (SSSR count). The lowest BCUT2D eigenvalue weighted by molar-refractivity contribution is -0.113. The third kappa shape index (κ3) is 4.59. The number of benzene rings is 3. The van der Waals surface area contributed by atoms with Gasteiger partial charge in [-0.05, 0) is 36.4 Å². The summed E-state index contributed by atoms with van der Waals surface area (Å²) < 4.78 is 7.95. The van der Waals surface area contributed by atoms with Crippen LogP contribution in [0.15, 0.2) is 71.9 Å². The lowest BCUT2D eigenvalue weighted by Gasteiger charge is -2.11. The molecular formula is C24H21ClN4O2S. The second kappa shape index (κ2) is 9.22. The Morgan fingerprint density at radius 2 is 1.84 bits per heavy atom. The van der Waals surface area contributed by atoms with Crippen LogP contribution in [0.2, 0.25) is 5.02 Å². The average molecular weight is 465 g/mol. The van der Waals surface area contributed by atoms with Gasteiger partial charge in [-0.15, -0.1) is 10.2 Å². The van der Waals surface area contributed by atoms with E-state index in [1.165, 1.54) is 11.8 Å². The lowest BCUT2D eigenvalue weighted by Crippen LogP contribution is -2.15. The van der Waals surface area contributed by atoms with Crippen molar-refractivity contribution >= 4 is 45.7 Å². The van der Waals surface area contributed by atoms with E-state index >= 15 is 0 Å². The highest BCUT2D eigenvalue weighted by molar-refractivity contribution is 7.99. The van der Waals surface area contributed by atoms with Crippen molar-refractivity contribution in [3.8, 4) is 5.75 Å². The summed E-state index contributed by atoms with van der Waals surface area (Å²) in [5, 5.41) is 15.1. The van der Waals surface area contributed by atoms with Gasteiger partial charge in [0.2, 0.25) is 5.91 Å². The molecule has 0 atom stereocenters. The summed E-state index contributed by atoms with van der Waals surface area (Å²) in [4.78, 5) is 12.7. The van der Waals surface area contributed by atoms with E-state index in [0.717, 1.165) is 40.3 Å². The van der Waals surface area contributed by atoms with Crippen LogP contribution in [0, 0.1) is 0 Å². The summed E-state index contributed by atoms with van der Waals surface area (Å²) in [5.41, 5.74) is 0.811. The largest absolute Gasteiger partial charge is 0.484 e. The zero-order chi connectivity index (χ0) is 21.9. The van der Waals surface area contributed by atoms with Crippen molar-refractivity contribution in [1.82, 2.24) is 14.8 Å². The number of nitrogens with zero attached hydrogens (tertiary/aromatic N) is 3. The molecule has 32 heavy (non-hydrogen) atoms. The first-order valence-corrected chi connectivity index (χ1v) is 11.8. The van der Waals surface area contributed by atoms with E-state index in [9.17, 15) is 4.79 Å². The smallest absolute Gasteiger partial charge is 0.234 e. The van der Waals surface area contributed by atoms with Crippen LogP contribution < -0.4 is 10.1 Å². The molecule has 1 aliphatic carbocycles. The number of thioether (sulfide) groups is 1. The number of carbonyl (C=O) groups is 1. The van der Waals surface area contributed by atoms with Gasteiger partial charge in [0.15, 0.2) is 11.0 Å². The second-order valence-electron chi connectivity index (χ2n) is 7.58. The number of hydrogen-bond donors (Lipinski definition) is 1. The van der Waals surface area contributed by atoms with Crippen LogP contribution in [0.25, 0.3) is 10.8 Å². The molecule has 1 saturated carbocycles. The maximum atomic E-state index is 12.7. The molecule has 1 N–H and O–H groups in total. The van der Waals surface area contributed by atoms with Crippen molar-refractivity contribution in [2.75, 3.05) is 11.1 Å². The number of halogens is 1. The Bertz CT molecular complexity index is 1270. The van der Waals surface area contributed by atoms with Gasteiger partial charge in [0.1, 0.15) is 12.4 Å². The van der Waals surface area contributed by atoms with Crippen LogP contribution in [-0.4, -0.2) is 26.4 Å². The predicted octanol–water partition coefficient (Wildman–Crippen LogP) is 5.73. The number of amides is 1. The van der Waals surface area contributed by atoms with E-state index in [-0.39, 0.29) is 18.3 Å². The minimum absolute atomic E-state index is 0.0782. The van der Waals surface area contributed by atoms with Gasteiger partial charge >= 0.3 is 0 Å². The van der Waals surface area contributed by atoms with Crippen molar-refractivity contribution in [3.63, 3.8) is 0 Å². The van der Waals surface area contributed by atoms with E-state index in [0.29, 0.717) is 16.8 Å².